The van der Waals surface area contributed by atoms with Crippen molar-refractivity contribution in [2.45, 2.75) is 45.4 Å². The fourth-order valence-corrected chi connectivity index (χ4v) is 3.38. The van der Waals surface area contributed by atoms with Gasteiger partial charge in [0.15, 0.2) is 0 Å². The van der Waals surface area contributed by atoms with Crippen LogP contribution in [0.3, 0.4) is 0 Å². The molecule has 0 radical (unpaired) electrons. The van der Waals surface area contributed by atoms with E-state index in [9.17, 15) is 24.3 Å². The standard InChI is InChI=1S/C19H24ClN3O5/c1-11-14(20)7-4-8-15(11)21-16(24)9-10-17(25)22-23-18(26)12-5-2-3-6-13(12)19(27)28/h4,7-8,12-13H,2-3,5-6,9-10H2,1H3,(H,21,24)(H,22,25)(H,23,26)(H,27,28)/t12-,13+/m1/s1. The van der Waals surface area contributed by atoms with Crippen LogP contribution < -0.4 is 16.2 Å². The lowest BCUT2D eigenvalue weighted by Gasteiger charge is -2.27. The summed E-state index contributed by atoms with van der Waals surface area (Å²) in [5.41, 5.74) is 5.83. The zero-order valence-corrected chi connectivity index (χ0v) is 16.3. The third-order valence-corrected chi connectivity index (χ3v) is 5.28. The van der Waals surface area contributed by atoms with Gasteiger partial charge < -0.3 is 10.4 Å². The van der Waals surface area contributed by atoms with Gasteiger partial charge in [-0.05, 0) is 37.5 Å². The Morgan fingerprint density at radius 1 is 1.04 bits per heavy atom. The Kier molecular flexibility index (Phi) is 7.80. The highest BCUT2D eigenvalue weighted by atomic mass is 35.5. The number of hydrogen-bond donors (Lipinski definition) is 4. The van der Waals surface area contributed by atoms with Gasteiger partial charge in [-0.1, -0.05) is 30.5 Å². The van der Waals surface area contributed by atoms with Crippen LogP contribution in [0.15, 0.2) is 18.2 Å². The average molecular weight is 410 g/mol. The molecule has 0 saturated heterocycles. The van der Waals surface area contributed by atoms with Gasteiger partial charge in [0, 0.05) is 23.6 Å². The minimum absolute atomic E-state index is 0.0746. The number of aliphatic carboxylic acids is 1. The fourth-order valence-electron chi connectivity index (χ4n) is 3.21. The number of carboxylic acid groups (broad SMARTS) is 1. The third-order valence-electron chi connectivity index (χ3n) is 4.87. The Bertz CT molecular complexity index is 768. The third kappa shape index (κ3) is 5.95. The average Bonchev–Trinajstić information content (AvgIpc) is 2.68. The smallest absolute Gasteiger partial charge is 0.307 e. The summed E-state index contributed by atoms with van der Waals surface area (Å²) in [6.07, 6.45) is 2.27. The predicted molar refractivity (Wildman–Crippen MR) is 103 cm³/mol. The molecule has 0 bridgehead atoms. The Morgan fingerprint density at radius 2 is 1.68 bits per heavy atom. The molecule has 3 amide bonds. The van der Waals surface area contributed by atoms with Gasteiger partial charge in [0.2, 0.25) is 17.7 Å². The van der Waals surface area contributed by atoms with E-state index in [-0.39, 0.29) is 18.7 Å². The number of carboxylic acids is 1. The summed E-state index contributed by atoms with van der Waals surface area (Å²) >= 11 is 6.00. The molecule has 9 heteroatoms. The van der Waals surface area contributed by atoms with Gasteiger partial charge in [-0.25, -0.2) is 0 Å². The van der Waals surface area contributed by atoms with Crippen molar-refractivity contribution in [2.75, 3.05) is 5.32 Å². The SMILES string of the molecule is Cc1c(Cl)cccc1NC(=O)CCC(=O)NNC(=O)[C@@H]1CCCC[C@@H]1C(=O)O. The van der Waals surface area contributed by atoms with Crippen LogP contribution in [0.25, 0.3) is 0 Å². The molecular formula is C19H24ClN3O5. The molecule has 8 nitrogen and oxygen atoms in total. The summed E-state index contributed by atoms with van der Waals surface area (Å²) in [4.78, 5) is 47.3. The lowest BCUT2D eigenvalue weighted by atomic mass is 9.79. The van der Waals surface area contributed by atoms with Crippen molar-refractivity contribution in [3.05, 3.63) is 28.8 Å². The number of rotatable bonds is 6. The molecule has 152 valence electrons. The van der Waals surface area contributed by atoms with Crippen LogP contribution in [0.4, 0.5) is 5.69 Å². The monoisotopic (exact) mass is 409 g/mol. The molecule has 0 heterocycles. The van der Waals surface area contributed by atoms with Crippen LogP contribution >= 0.6 is 11.6 Å². The topological polar surface area (TPSA) is 125 Å². The fraction of sp³-hybridized carbons (Fsp3) is 0.474. The van der Waals surface area contributed by atoms with Gasteiger partial charge in [-0.2, -0.15) is 0 Å². The first-order valence-corrected chi connectivity index (χ1v) is 9.54. The Hall–Kier alpha value is -2.61. The largest absolute Gasteiger partial charge is 0.481 e. The molecule has 0 unspecified atom stereocenters. The minimum Gasteiger partial charge on any atom is -0.481 e. The van der Waals surface area contributed by atoms with Gasteiger partial charge in [0.1, 0.15) is 0 Å². The predicted octanol–water partition coefficient (Wildman–Crippen LogP) is 2.41. The number of hydrazine groups is 1. The van der Waals surface area contributed by atoms with Crippen LogP contribution in [0.2, 0.25) is 5.02 Å². The van der Waals surface area contributed by atoms with Crippen molar-refractivity contribution in [1.82, 2.24) is 10.9 Å². The maximum absolute atomic E-state index is 12.2. The number of halogens is 1. The Morgan fingerprint density at radius 3 is 2.36 bits per heavy atom. The summed E-state index contributed by atoms with van der Waals surface area (Å²) < 4.78 is 0. The molecule has 2 rings (SSSR count). The zero-order chi connectivity index (χ0) is 20.7. The number of carbonyl (C=O) groups is 4. The number of nitrogens with one attached hydrogen (secondary N) is 3. The van der Waals surface area contributed by atoms with E-state index in [0.717, 1.165) is 18.4 Å². The van der Waals surface area contributed by atoms with E-state index in [1.165, 1.54) is 0 Å². The van der Waals surface area contributed by atoms with Crippen LogP contribution in [0.5, 0.6) is 0 Å². The van der Waals surface area contributed by atoms with Gasteiger partial charge in [-0.3, -0.25) is 30.0 Å². The van der Waals surface area contributed by atoms with Gasteiger partial charge in [0.25, 0.3) is 0 Å². The Balaban J connectivity index is 1.76. The quantitative estimate of drug-likeness (QED) is 0.537. The maximum Gasteiger partial charge on any atom is 0.307 e. The Labute approximate surface area is 168 Å². The van der Waals surface area contributed by atoms with E-state index in [0.29, 0.717) is 23.6 Å². The molecule has 1 saturated carbocycles. The summed E-state index contributed by atoms with van der Waals surface area (Å²) in [6, 6.07) is 5.13. The van der Waals surface area contributed by atoms with Gasteiger partial charge >= 0.3 is 5.97 Å². The molecule has 28 heavy (non-hydrogen) atoms. The molecule has 1 aliphatic rings. The van der Waals surface area contributed by atoms with Gasteiger partial charge in [0.05, 0.1) is 11.8 Å². The second-order valence-corrected chi connectivity index (χ2v) is 7.24. The molecular weight excluding hydrogens is 386 g/mol. The number of amides is 3. The second-order valence-electron chi connectivity index (χ2n) is 6.83. The molecule has 0 aromatic heterocycles. The first-order valence-electron chi connectivity index (χ1n) is 9.16. The van der Waals surface area contributed by atoms with E-state index >= 15 is 0 Å². The molecule has 4 N–H and O–H groups in total. The number of carbonyl (C=O) groups excluding carboxylic acids is 3. The van der Waals surface area contributed by atoms with E-state index in [4.69, 9.17) is 11.6 Å². The summed E-state index contributed by atoms with van der Waals surface area (Å²) in [5.74, 6) is -3.81. The van der Waals surface area contributed by atoms with E-state index in [1.807, 2.05) is 0 Å². The van der Waals surface area contributed by atoms with E-state index < -0.39 is 29.6 Å². The second kappa shape index (κ2) is 10.1. The maximum atomic E-state index is 12.2. The normalized spacial score (nSPS) is 18.8. The van der Waals surface area contributed by atoms with Crippen molar-refractivity contribution < 1.29 is 24.3 Å². The van der Waals surface area contributed by atoms with Crippen molar-refractivity contribution in [3.8, 4) is 0 Å². The van der Waals surface area contributed by atoms with Crippen molar-refractivity contribution >= 4 is 41.0 Å². The number of hydrogen-bond acceptors (Lipinski definition) is 4. The summed E-state index contributed by atoms with van der Waals surface area (Å²) in [6.45, 7) is 1.77. The first kappa shape index (κ1) is 21.7. The molecule has 0 aliphatic heterocycles. The molecule has 1 fully saturated rings. The lowest BCUT2D eigenvalue weighted by molar-refractivity contribution is -0.149. The first-order chi connectivity index (χ1) is 13.3. The molecule has 0 spiro atoms. The number of benzene rings is 1. The van der Waals surface area contributed by atoms with Crippen molar-refractivity contribution in [2.24, 2.45) is 11.8 Å². The van der Waals surface area contributed by atoms with Crippen LogP contribution in [-0.4, -0.2) is 28.8 Å². The van der Waals surface area contributed by atoms with E-state index in [2.05, 4.69) is 16.2 Å². The highest BCUT2D eigenvalue weighted by molar-refractivity contribution is 6.31. The van der Waals surface area contributed by atoms with Crippen LogP contribution in [0, 0.1) is 18.8 Å². The number of anilines is 1. The molecule has 1 aromatic rings. The van der Waals surface area contributed by atoms with Crippen LogP contribution in [-0.2, 0) is 19.2 Å². The summed E-state index contributed by atoms with van der Waals surface area (Å²) in [5, 5.41) is 12.4. The van der Waals surface area contributed by atoms with E-state index in [1.54, 1.807) is 25.1 Å². The van der Waals surface area contributed by atoms with Crippen molar-refractivity contribution in [1.29, 1.82) is 0 Å². The zero-order valence-electron chi connectivity index (χ0n) is 15.6. The van der Waals surface area contributed by atoms with Crippen molar-refractivity contribution in [3.63, 3.8) is 0 Å². The van der Waals surface area contributed by atoms with Crippen LogP contribution in [0.1, 0.15) is 44.1 Å². The van der Waals surface area contributed by atoms with Gasteiger partial charge in [-0.15, -0.1) is 0 Å². The molecule has 1 aromatic carbocycles. The molecule has 1 aliphatic carbocycles. The summed E-state index contributed by atoms with van der Waals surface area (Å²) in [7, 11) is 0. The minimum atomic E-state index is -1.00. The highest BCUT2D eigenvalue weighted by Crippen LogP contribution is 2.30. The highest BCUT2D eigenvalue weighted by Gasteiger charge is 2.35. The molecule has 2 atom stereocenters. The lowest BCUT2D eigenvalue weighted by Crippen LogP contribution is -2.48.